The molecule has 0 aliphatic rings. The molecule has 1 aromatic carbocycles. The highest BCUT2D eigenvalue weighted by Crippen LogP contribution is 2.21. The minimum atomic E-state index is -0.352. The smallest absolute Gasteiger partial charge is 0.339 e. The van der Waals surface area contributed by atoms with Crippen LogP contribution in [0.4, 0.5) is 0 Å². The molecule has 0 saturated carbocycles. The third kappa shape index (κ3) is 1.97. The lowest BCUT2D eigenvalue weighted by Gasteiger charge is -2.04. The number of hydrogen-bond acceptors (Lipinski definition) is 3. The van der Waals surface area contributed by atoms with E-state index in [2.05, 4.69) is 4.98 Å². The van der Waals surface area contributed by atoms with Crippen molar-refractivity contribution in [2.45, 2.75) is 0 Å². The van der Waals surface area contributed by atoms with Gasteiger partial charge in [-0.05, 0) is 12.1 Å². The Kier molecular flexibility index (Phi) is 2.76. The van der Waals surface area contributed by atoms with Gasteiger partial charge < -0.3 is 4.74 Å². The van der Waals surface area contributed by atoms with Crippen molar-refractivity contribution < 1.29 is 9.53 Å². The number of carbonyl (C=O) groups is 1. The molecule has 94 valence electrons. The third-order valence-electron chi connectivity index (χ3n) is 3.00. The summed E-state index contributed by atoms with van der Waals surface area (Å²) in [6.07, 6.45) is 3.54. The highest BCUT2D eigenvalue weighted by molar-refractivity contribution is 5.89. The molecule has 4 nitrogen and oxygen atoms in total. The molecular formula is C15H12N2O2. The Hall–Kier alpha value is -2.62. The number of imidazole rings is 1. The van der Waals surface area contributed by atoms with Gasteiger partial charge in [-0.3, -0.25) is 4.40 Å². The molecule has 3 rings (SSSR count). The van der Waals surface area contributed by atoms with Crippen LogP contribution in [-0.2, 0) is 4.74 Å². The van der Waals surface area contributed by atoms with Crippen LogP contribution in [0.5, 0.6) is 0 Å². The quantitative estimate of drug-likeness (QED) is 0.659. The molecule has 0 radical (unpaired) electrons. The molecule has 0 spiro atoms. The first kappa shape index (κ1) is 11.5. The van der Waals surface area contributed by atoms with Crippen LogP contribution in [0.3, 0.4) is 0 Å². The summed E-state index contributed by atoms with van der Waals surface area (Å²) in [5.74, 6) is -0.352. The Bertz CT molecular complexity index is 732. The maximum atomic E-state index is 11.6. The number of ether oxygens (including phenoxy) is 1. The predicted molar refractivity (Wildman–Crippen MR) is 72.0 cm³/mol. The Morgan fingerprint density at radius 1 is 1.16 bits per heavy atom. The van der Waals surface area contributed by atoms with E-state index in [0.717, 1.165) is 16.9 Å². The van der Waals surface area contributed by atoms with Gasteiger partial charge in [-0.2, -0.15) is 0 Å². The monoisotopic (exact) mass is 252 g/mol. The summed E-state index contributed by atoms with van der Waals surface area (Å²) in [5, 5.41) is 0. The SMILES string of the molecule is COC(=O)c1ccc2ncc(-c3ccccc3)n2c1. The Morgan fingerprint density at radius 3 is 2.68 bits per heavy atom. The first-order valence-electron chi connectivity index (χ1n) is 5.90. The van der Waals surface area contributed by atoms with Crippen LogP contribution in [0.1, 0.15) is 10.4 Å². The van der Waals surface area contributed by atoms with Crippen molar-refractivity contribution in [2.24, 2.45) is 0 Å². The van der Waals surface area contributed by atoms with Crippen LogP contribution in [0, 0.1) is 0 Å². The lowest BCUT2D eigenvalue weighted by atomic mass is 10.2. The zero-order valence-electron chi connectivity index (χ0n) is 10.4. The second-order valence-corrected chi connectivity index (χ2v) is 4.15. The van der Waals surface area contributed by atoms with Crippen molar-refractivity contribution in [1.82, 2.24) is 9.38 Å². The van der Waals surface area contributed by atoms with Gasteiger partial charge in [0.2, 0.25) is 0 Å². The van der Waals surface area contributed by atoms with Gasteiger partial charge in [0.15, 0.2) is 0 Å². The Balaban J connectivity index is 2.19. The summed E-state index contributed by atoms with van der Waals surface area (Å²) in [7, 11) is 1.37. The number of methoxy groups -OCH3 is 1. The molecule has 0 saturated heterocycles. The van der Waals surface area contributed by atoms with Crippen LogP contribution < -0.4 is 0 Å². The van der Waals surface area contributed by atoms with Crippen molar-refractivity contribution in [3.8, 4) is 11.3 Å². The van der Waals surface area contributed by atoms with Gasteiger partial charge in [-0.1, -0.05) is 30.3 Å². The molecule has 0 aliphatic carbocycles. The summed E-state index contributed by atoms with van der Waals surface area (Å²) in [6.45, 7) is 0. The van der Waals surface area contributed by atoms with Gasteiger partial charge in [0.25, 0.3) is 0 Å². The number of aromatic nitrogens is 2. The fourth-order valence-corrected chi connectivity index (χ4v) is 2.04. The second-order valence-electron chi connectivity index (χ2n) is 4.15. The molecule has 0 fully saturated rings. The molecule has 0 bridgehead atoms. The van der Waals surface area contributed by atoms with E-state index in [4.69, 9.17) is 4.74 Å². The van der Waals surface area contributed by atoms with E-state index in [1.807, 2.05) is 34.7 Å². The largest absolute Gasteiger partial charge is 0.465 e. The summed E-state index contributed by atoms with van der Waals surface area (Å²) in [4.78, 5) is 15.9. The summed E-state index contributed by atoms with van der Waals surface area (Å²) >= 11 is 0. The molecule has 0 N–H and O–H groups in total. The van der Waals surface area contributed by atoms with E-state index >= 15 is 0 Å². The van der Waals surface area contributed by atoms with Crippen molar-refractivity contribution in [3.05, 3.63) is 60.4 Å². The molecule has 0 amide bonds. The number of nitrogens with zero attached hydrogens (tertiary/aromatic N) is 2. The molecule has 19 heavy (non-hydrogen) atoms. The number of benzene rings is 1. The average molecular weight is 252 g/mol. The third-order valence-corrected chi connectivity index (χ3v) is 3.00. The van der Waals surface area contributed by atoms with Gasteiger partial charge in [0.1, 0.15) is 5.65 Å². The number of carbonyl (C=O) groups excluding carboxylic acids is 1. The number of hydrogen-bond donors (Lipinski definition) is 0. The van der Waals surface area contributed by atoms with Crippen molar-refractivity contribution >= 4 is 11.6 Å². The van der Waals surface area contributed by atoms with Crippen LogP contribution in [0.2, 0.25) is 0 Å². The standard InChI is InChI=1S/C15H12N2O2/c1-19-15(18)12-7-8-14-16-9-13(17(14)10-12)11-5-3-2-4-6-11/h2-10H,1H3. The van der Waals surface area contributed by atoms with E-state index in [-0.39, 0.29) is 5.97 Å². The van der Waals surface area contributed by atoms with Crippen LogP contribution >= 0.6 is 0 Å². The Labute approximate surface area is 110 Å². The lowest BCUT2D eigenvalue weighted by molar-refractivity contribution is 0.0600. The minimum Gasteiger partial charge on any atom is -0.465 e. The van der Waals surface area contributed by atoms with Crippen LogP contribution in [0.15, 0.2) is 54.9 Å². The predicted octanol–water partition coefficient (Wildman–Crippen LogP) is 2.79. The van der Waals surface area contributed by atoms with Crippen molar-refractivity contribution in [1.29, 1.82) is 0 Å². The Morgan fingerprint density at radius 2 is 1.95 bits per heavy atom. The van der Waals surface area contributed by atoms with Gasteiger partial charge in [0.05, 0.1) is 24.6 Å². The highest BCUT2D eigenvalue weighted by atomic mass is 16.5. The molecule has 2 aromatic heterocycles. The second kappa shape index (κ2) is 4.57. The zero-order valence-corrected chi connectivity index (χ0v) is 10.4. The van der Waals surface area contributed by atoms with Gasteiger partial charge >= 0.3 is 5.97 Å². The molecule has 4 heteroatoms. The van der Waals surface area contributed by atoms with E-state index in [1.54, 1.807) is 24.5 Å². The maximum absolute atomic E-state index is 11.6. The first-order chi connectivity index (χ1) is 9.29. The number of pyridine rings is 1. The van der Waals surface area contributed by atoms with Gasteiger partial charge in [0, 0.05) is 11.8 Å². The summed E-state index contributed by atoms with van der Waals surface area (Å²) in [5.41, 5.74) is 3.30. The fraction of sp³-hybridized carbons (Fsp3) is 0.0667. The van der Waals surface area contributed by atoms with Gasteiger partial charge in [-0.15, -0.1) is 0 Å². The maximum Gasteiger partial charge on any atom is 0.339 e. The van der Waals surface area contributed by atoms with E-state index in [0.29, 0.717) is 5.56 Å². The number of fused-ring (bicyclic) bond motifs is 1. The van der Waals surface area contributed by atoms with E-state index in [1.165, 1.54) is 7.11 Å². The molecule has 0 unspecified atom stereocenters. The van der Waals surface area contributed by atoms with Gasteiger partial charge in [-0.25, -0.2) is 9.78 Å². The first-order valence-corrected chi connectivity index (χ1v) is 5.90. The lowest BCUT2D eigenvalue weighted by Crippen LogP contribution is -2.03. The average Bonchev–Trinajstić information content (AvgIpc) is 2.90. The zero-order chi connectivity index (χ0) is 13.2. The molecular weight excluding hydrogens is 240 g/mol. The number of esters is 1. The molecule has 0 aliphatic heterocycles. The highest BCUT2D eigenvalue weighted by Gasteiger charge is 2.10. The minimum absolute atomic E-state index is 0.352. The number of rotatable bonds is 2. The normalized spacial score (nSPS) is 10.6. The van der Waals surface area contributed by atoms with Crippen LogP contribution in [-0.4, -0.2) is 22.5 Å². The molecule has 3 aromatic rings. The van der Waals surface area contributed by atoms with Crippen molar-refractivity contribution in [2.75, 3.05) is 7.11 Å². The summed E-state index contributed by atoms with van der Waals surface area (Å²) < 4.78 is 6.63. The van der Waals surface area contributed by atoms with Crippen molar-refractivity contribution in [3.63, 3.8) is 0 Å². The molecule has 0 atom stereocenters. The van der Waals surface area contributed by atoms with Crippen LogP contribution in [0.25, 0.3) is 16.9 Å². The van der Waals surface area contributed by atoms with E-state index in [9.17, 15) is 4.79 Å². The topological polar surface area (TPSA) is 43.6 Å². The molecule has 2 heterocycles. The van der Waals surface area contributed by atoms with E-state index < -0.39 is 0 Å². The summed E-state index contributed by atoms with van der Waals surface area (Å²) in [6, 6.07) is 13.4. The fourth-order valence-electron chi connectivity index (χ4n) is 2.04.